The molecule has 0 aliphatic carbocycles. The zero-order valence-electron chi connectivity index (χ0n) is 15.5. The van der Waals surface area contributed by atoms with E-state index in [0.29, 0.717) is 75.9 Å². The van der Waals surface area contributed by atoms with Crippen molar-refractivity contribution < 1.29 is 28.4 Å². The maximum Gasteiger partial charge on any atom is 0.162 e. The van der Waals surface area contributed by atoms with Crippen LogP contribution < -0.4 is 18.9 Å². The van der Waals surface area contributed by atoms with Crippen molar-refractivity contribution in [2.24, 2.45) is 0 Å². The fraction of sp³-hybridized carbons (Fsp3) is 0.400. The summed E-state index contributed by atoms with van der Waals surface area (Å²) < 4.78 is 34.2. The van der Waals surface area contributed by atoms with Crippen LogP contribution in [0.15, 0.2) is 46.2 Å². The maximum atomic E-state index is 5.77. The average Bonchev–Trinajstić information content (AvgIpc) is 2.68. The molecule has 0 radical (unpaired) electrons. The number of thiol groups is 2. The van der Waals surface area contributed by atoms with Crippen LogP contribution >= 0.6 is 25.3 Å². The van der Waals surface area contributed by atoms with Crippen LogP contribution in [0.25, 0.3) is 0 Å². The quantitative estimate of drug-likeness (QED) is 0.631. The highest BCUT2D eigenvalue weighted by Crippen LogP contribution is 2.30. The van der Waals surface area contributed by atoms with Crippen LogP contribution in [-0.4, -0.2) is 52.9 Å². The molecule has 0 spiro atoms. The number of hydrogen-bond acceptors (Lipinski definition) is 8. The Morgan fingerprint density at radius 2 is 0.821 bits per heavy atom. The first kappa shape index (κ1) is 21.0. The highest BCUT2D eigenvalue weighted by atomic mass is 32.1. The Bertz CT molecular complexity index is 692. The minimum Gasteiger partial charge on any atom is -0.487 e. The molecule has 1 aliphatic rings. The molecule has 0 atom stereocenters. The van der Waals surface area contributed by atoms with Crippen molar-refractivity contribution in [3.05, 3.63) is 36.4 Å². The Kier molecular flexibility index (Phi) is 8.47. The summed E-state index contributed by atoms with van der Waals surface area (Å²) in [5.41, 5.74) is 0. The minimum atomic E-state index is 0.396. The molecule has 8 heteroatoms. The van der Waals surface area contributed by atoms with Crippen molar-refractivity contribution in [3.63, 3.8) is 0 Å². The largest absolute Gasteiger partial charge is 0.487 e. The summed E-state index contributed by atoms with van der Waals surface area (Å²) in [6, 6.07) is 11.0. The molecular formula is C20H24O6S2. The van der Waals surface area contributed by atoms with E-state index in [1.807, 2.05) is 36.4 Å². The topological polar surface area (TPSA) is 55.4 Å². The second-order valence-corrected chi connectivity index (χ2v) is 6.91. The first-order chi connectivity index (χ1) is 13.7. The SMILES string of the molecule is Sc1ccc2c(c1)OCCOCCOc1ccc(S)cc1OCCOCCO2. The normalized spacial score (nSPS) is 16.6. The van der Waals surface area contributed by atoms with Crippen molar-refractivity contribution in [1.82, 2.24) is 0 Å². The van der Waals surface area contributed by atoms with Gasteiger partial charge in [0.05, 0.1) is 26.4 Å². The maximum absolute atomic E-state index is 5.77. The number of fused-ring (bicyclic) bond motifs is 2. The van der Waals surface area contributed by atoms with Crippen molar-refractivity contribution >= 4 is 25.3 Å². The third kappa shape index (κ3) is 6.70. The molecule has 28 heavy (non-hydrogen) atoms. The molecule has 152 valence electrons. The number of hydrogen-bond donors (Lipinski definition) is 2. The van der Waals surface area contributed by atoms with Gasteiger partial charge in [-0.2, -0.15) is 0 Å². The van der Waals surface area contributed by atoms with Crippen LogP contribution in [0.1, 0.15) is 0 Å². The van der Waals surface area contributed by atoms with Crippen molar-refractivity contribution in [2.45, 2.75) is 9.79 Å². The van der Waals surface area contributed by atoms with Gasteiger partial charge in [0, 0.05) is 9.79 Å². The molecular weight excluding hydrogens is 400 g/mol. The fourth-order valence-electron chi connectivity index (χ4n) is 2.50. The lowest BCUT2D eigenvalue weighted by Crippen LogP contribution is -2.15. The average molecular weight is 425 g/mol. The molecule has 0 saturated heterocycles. The molecule has 0 bridgehead atoms. The van der Waals surface area contributed by atoms with E-state index in [1.54, 1.807) is 0 Å². The lowest BCUT2D eigenvalue weighted by molar-refractivity contribution is 0.0639. The van der Waals surface area contributed by atoms with E-state index < -0.39 is 0 Å². The van der Waals surface area contributed by atoms with Gasteiger partial charge in [0.2, 0.25) is 0 Å². The highest BCUT2D eigenvalue weighted by Gasteiger charge is 2.08. The second-order valence-electron chi connectivity index (χ2n) is 5.88. The molecule has 6 nitrogen and oxygen atoms in total. The lowest BCUT2D eigenvalue weighted by Gasteiger charge is -2.16. The number of ether oxygens (including phenoxy) is 6. The minimum absolute atomic E-state index is 0.396. The van der Waals surface area contributed by atoms with E-state index in [4.69, 9.17) is 28.4 Å². The predicted octanol–water partition coefficient (Wildman–Crippen LogP) is 3.53. The van der Waals surface area contributed by atoms with Crippen LogP contribution in [0.4, 0.5) is 0 Å². The zero-order chi connectivity index (χ0) is 19.6. The molecule has 3 rings (SSSR count). The van der Waals surface area contributed by atoms with Gasteiger partial charge in [-0.1, -0.05) is 0 Å². The second kappa shape index (κ2) is 11.3. The molecule has 2 aromatic carbocycles. The van der Waals surface area contributed by atoms with Crippen molar-refractivity contribution in [3.8, 4) is 23.0 Å². The number of rotatable bonds is 0. The van der Waals surface area contributed by atoms with Gasteiger partial charge in [0.25, 0.3) is 0 Å². The van der Waals surface area contributed by atoms with E-state index in [0.717, 1.165) is 9.79 Å². The van der Waals surface area contributed by atoms with Crippen molar-refractivity contribution in [1.29, 1.82) is 0 Å². The molecule has 1 aliphatic heterocycles. The first-order valence-electron chi connectivity index (χ1n) is 9.05. The summed E-state index contributed by atoms with van der Waals surface area (Å²) in [6.07, 6.45) is 0. The zero-order valence-corrected chi connectivity index (χ0v) is 17.3. The monoisotopic (exact) mass is 424 g/mol. The van der Waals surface area contributed by atoms with Crippen LogP contribution in [0.3, 0.4) is 0 Å². The van der Waals surface area contributed by atoms with Crippen LogP contribution in [0.5, 0.6) is 23.0 Å². The third-order valence-electron chi connectivity index (χ3n) is 3.80. The molecule has 1 heterocycles. The molecule has 0 unspecified atom stereocenters. The van der Waals surface area contributed by atoms with E-state index in [2.05, 4.69) is 25.3 Å². The van der Waals surface area contributed by atoms with Gasteiger partial charge in [0.15, 0.2) is 23.0 Å². The van der Waals surface area contributed by atoms with Crippen LogP contribution in [0.2, 0.25) is 0 Å². The number of benzene rings is 2. The summed E-state index contributed by atoms with van der Waals surface area (Å²) >= 11 is 8.70. The molecule has 2 aromatic rings. The Hall–Kier alpha value is -1.74. The van der Waals surface area contributed by atoms with Gasteiger partial charge >= 0.3 is 0 Å². The van der Waals surface area contributed by atoms with Gasteiger partial charge in [0.1, 0.15) is 26.4 Å². The fourth-order valence-corrected chi connectivity index (χ4v) is 2.89. The van der Waals surface area contributed by atoms with E-state index in [-0.39, 0.29) is 0 Å². The van der Waals surface area contributed by atoms with E-state index >= 15 is 0 Å². The lowest BCUT2D eigenvalue weighted by atomic mass is 10.3. The summed E-state index contributed by atoms with van der Waals surface area (Å²) in [5, 5.41) is 0. The van der Waals surface area contributed by atoms with Crippen LogP contribution in [0, 0.1) is 0 Å². The third-order valence-corrected chi connectivity index (χ3v) is 4.35. The Labute approximate surface area is 175 Å². The Morgan fingerprint density at radius 3 is 1.21 bits per heavy atom. The van der Waals surface area contributed by atoms with E-state index in [9.17, 15) is 0 Å². The smallest absolute Gasteiger partial charge is 0.162 e. The summed E-state index contributed by atoms with van der Waals surface area (Å²) in [6.45, 7) is 3.33. The summed E-state index contributed by atoms with van der Waals surface area (Å²) in [4.78, 5) is 1.60. The van der Waals surface area contributed by atoms with Crippen molar-refractivity contribution in [2.75, 3.05) is 52.9 Å². The predicted molar refractivity (Wildman–Crippen MR) is 111 cm³/mol. The van der Waals surface area contributed by atoms with Gasteiger partial charge in [-0.05, 0) is 36.4 Å². The molecule has 0 fully saturated rings. The first-order valence-corrected chi connectivity index (χ1v) is 9.94. The summed E-state index contributed by atoms with van der Waals surface area (Å²) in [7, 11) is 0. The highest BCUT2D eigenvalue weighted by molar-refractivity contribution is 7.80. The standard InChI is InChI=1S/C20H24O6S2/c27-15-1-3-17-19(13-15)25-11-7-22-6-10-24-18-4-2-16(28)14-20(18)26-12-8-21-5-9-23-17/h1-4,13-14,27-28H,5-12H2. The molecule has 0 N–H and O–H groups in total. The Morgan fingerprint density at radius 1 is 0.464 bits per heavy atom. The van der Waals surface area contributed by atoms with Gasteiger partial charge in [-0.3, -0.25) is 0 Å². The molecule has 0 amide bonds. The summed E-state index contributed by atoms with van der Waals surface area (Å²) in [5.74, 6) is 2.57. The van der Waals surface area contributed by atoms with Gasteiger partial charge < -0.3 is 28.4 Å². The molecule has 0 saturated carbocycles. The van der Waals surface area contributed by atoms with E-state index in [1.165, 1.54) is 0 Å². The van der Waals surface area contributed by atoms with Gasteiger partial charge in [-0.15, -0.1) is 25.3 Å². The molecule has 0 aromatic heterocycles. The Balaban J connectivity index is 1.60. The van der Waals surface area contributed by atoms with Gasteiger partial charge in [-0.25, -0.2) is 0 Å². The van der Waals surface area contributed by atoms with Crippen LogP contribution in [-0.2, 0) is 9.47 Å².